The second kappa shape index (κ2) is 5.40. The van der Waals surface area contributed by atoms with Gasteiger partial charge in [0.2, 0.25) is 0 Å². The van der Waals surface area contributed by atoms with Crippen molar-refractivity contribution in [2.45, 2.75) is 25.7 Å². The standard InChI is InChI=1S/C14H19NO3/c1-15-8-12(16)11-7-13(18-2)9-5-3-4-6-10(9)14(11)17/h7,15,17H,3-6,8H2,1-2H3. The highest BCUT2D eigenvalue weighted by Gasteiger charge is 2.23. The molecule has 0 spiro atoms. The zero-order valence-corrected chi connectivity index (χ0v) is 10.9. The number of phenols is 1. The fourth-order valence-electron chi connectivity index (χ4n) is 2.54. The number of rotatable bonds is 4. The molecule has 0 bridgehead atoms. The Morgan fingerprint density at radius 1 is 1.39 bits per heavy atom. The van der Waals surface area contributed by atoms with Gasteiger partial charge in [-0.3, -0.25) is 4.79 Å². The number of methoxy groups -OCH3 is 1. The van der Waals surface area contributed by atoms with E-state index in [1.54, 1.807) is 20.2 Å². The van der Waals surface area contributed by atoms with Crippen molar-refractivity contribution in [3.8, 4) is 11.5 Å². The fourth-order valence-corrected chi connectivity index (χ4v) is 2.54. The predicted molar refractivity (Wildman–Crippen MR) is 69.6 cm³/mol. The molecule has 0 heterocycles. The molecule has 0 unspecified atom stereocenters. The molecular weight excluding hydrogens is 230 g/mol. The first kappa shape index (κ1) is 12.9. The van der Waals surface area contributed by atoms with Gasteiger partial charge in [0.1, 0.15) is 11.5 Å². The summed E-state index contributed by atoms with van der Waals surface area (Å²) in [6.45, 7) is 0.218. The minimum atomic E-state index is -0.110. The fraction of sp³-hybridized carbons (Fsp3) is 0.500. The normalized spacial score (nSPS) is 14.1. The van der Waals surface area contributed by atoms with Gasteiger partial charge in [-0.1, -0.05) is 0 Å². The van der Waals surface area contributed by atoms with E-state index in [1.165, 1.54) is 0 Å². The van der Waals surface area contributed by atoms with E-state index in [1.807, 2.05) is 0 Å². The minimum Gasteiger partial charge on any atom is -0.507 e. The first-order chi connectivity index (χ1) is 8.69. The zero-order chi connectivity index (χ0) is 13.1. The molecule has 98 valence electrons. The van der Waals surface area contributed by atoms with E-state index in [-0.39, 0.29) is 18.1 Å². The monoisotopic (exact) mass is 249 g/mol. The summed E-state index contributed by atoms with van der Waals surface area (Å²) in [6.07, 6.45) is 3.88. The van der Waals surface area contributed by atoms with E-state index < -0.39 is 0 Å². The Balaban J connectivity index is 2.51. The molecule has 18 heavy (non-hydrogen) atoms. The van der Waals surface area contributed by atoms with Gasteiger partial charge in [0.05, 0.1) is 19.2 Å². The molecule has 0 aromatic heterocycles. The average molecular weight is 249 g/mol. The van der Waals surface area contributed by atoms with Crippen LogP contribution in [0.15, 0.2) is 6.07 Å². The third-order valence-electron chi connectivity index (χ3n) is 3.44. The molecule has 0 radical (unpaired) electrons. The van der Waals surface area contributed by atoms with Crippen molar-refractivity contribution >= 4 is 5.78 Å². The van der Waals surface area contributed by atoms with E-state index in [2.05, 4.69) is 5.32 Å². The lowest BCUT2D eigenvalue weighted by Crippen LogP contribution is -2.19. The highest BCUT2D eigenvalue weighted by atomic mass is 16.5. The van der Waals surface area contributed by atoms with Gasteiger partial charge in [-0.2, -0.15) is 0 Å². The Morgan fingerprint density at radius 2 is 2.06 bits per heavy atom. The van der Waals surface area contributed by atoms with Crippen LogP contribution in [0.3, 0.4) is 0 Å². The lowest BCUT2D eigenvalue weighted by Gasteiger charge is -2.21. The summed E-state index contributed by atoms with van der Waals surface area (Å²) in [4.78, 5) is 11.9. The average Bonchev–Trinajstić information content (AvgIpc) is 2.40. The van der Waals surface area contributed by atoms with Crippen LogP contribution < -0.4 is 10.1 Å². The first-order valence-corrected chi connectivity index (χ1v) is 6.28. The molecule has 4 nitrogen and oxygen atoms in total. The van der Waals surface area contributed by atoms with Gasteiger partial charge in [-0.25, -0.2) is 0 Å². The maximum Gasteiger partial charge on any atom is 0.180 e. The summed E-state index contributed by atoms with van der Waals surface area (Å²) in [7, 11) is 3.32. The van der Waals surface area contributed by atoms with E-state index in [0.29, 0.717) is 5.56 Å². The van der Waals surface area contributed by atoms with E-state index in [0.717, 1.165) is 42.6 Å². The number of Topliss-reactive ketones (excluding diaryl/α,β-unsaturated/α-hetero) is 1. The predicted octanol–water partition coefficient (Wildman–Crippen LogP) is 1.68. The summed E-state index contributed by atoms with van der Waals surface area (Å²) in [5, 5.41) is 13.1. The lowest BCUT2D eigenvalue weighted by molar-refractivity contribution is 0.0990. The smallest absolute Gasteiger partial charge is 0.180 e. The number of carbonyl (C=O) groups excluding carboxylic acids is 1. The van der Waals surface area contributed by atoms with Crippen molar-refractivity contribution in [2.24, 2.45) is 0 Å². The Hall–Kier alpha value is -1.55. The van der Waals surface area contributed by atoms with Crippen LogP contribution in [0.4, 0.5) is 0 Å². The summed E-state index contributed by atoms with van der Waals surface area (Å²) in [6, 6.07) is 1.67. The number of benzene rings is 1. The second-order valence-corrected chi connectivity index (χ2v) is 4.59. The molecule has 1 aromatic carbocycles. The number of aromatic hydroxyl groups is 1. The number of hydrogen-bond acceptors (Lipinski definition) is 4. The quantitative estimate of drug-likeness (QED) is 0.797. The number of hydrogen-bond donors (Lipinski definition) is 2. The third-order valence-corrected chi connectivity index (χ3v) is 3.44. The van der Waals surface area contributed by atoms with Crippen molar-refractivity contribution in [2.75, 3.05) is 20.7 Å². The molecule has 1 aromatic rings. The highest BCUT2D eigenvalue weighted by molar-refractivity contribution is 6.01. The number of fused-ring (bicyclic) bond motifs is 1. The van der Waals surface area contributed by atoms with Crippen molar-refractivity contribution in [1.29, 1.82) is 0 Å². The van der Waals surface area contributed by atoms with Crippen LogP contribution in [0.1, 0.15) is 34.3 Å². The van der Waals surface area contributed by atoms with E-state index in [4.69, 9.17) is 4.74 Å². The summed E-state index contributed by atoms with van der Waals surface area (Å²) in [5.74, 6) is 0.759. The van der Waals surface area contributed by atoms with Gasteiger partial charge in [0.25, 0.3) is 0 Å². The molecule has 0 aliphatic heterocycles. The van der Waals surface area contributed by atoms with Gasteiger partial charge in [0.15, 0.2) is 5.78 Å². The minimum absolute atomic E-state index is 0.110. The molecule has 4 heteroatoms. The Labute approximate surface area is 107 Å². The molecule has 0 saturated carbocycles. The molecular formula is C14H19NO3. The third kappa shape index (κ3) is 2.20. The topological polar surface area (TPSA) is 58.6 Å². The van der Waals surface area contributed by atoms with Crippen LogP contribution >= 0.6 is 0 Å². The van der Waals surface area contributed by atoms with Crippen molar-refractivity contribution in [3.63, 3.8) is 0 Å². The van der Waals surface area contributed by atoms with Crippen LogP contribution in [0.25, 0.3) is 0 Å². The van der Waals surface area contributed by atoms with Crippen LogP contribution in [0, 0.1) is 0 Å². The molecule has 0 saturated heterocycles. The number of carbonyl (C=O) groups is 1. The van der Waals surface area contributed by atoms with Crippen LogP contribution in [0.5, 0.6) is 11.5 Å². The zero-order valence-electron chi connectivity index (χ0n) is 10.9. The SMILES string of the molecule is CNCC(=O)c1cc(OC)c2c(c1O)CCCC2. The number of ketones is 1. The molecule has 0 fully saturated rings. The number of ether oxygens (including phenoxy) is 1. The van der Waals surface area contributed by atoms with Crippen LogP contribution in [-0.4, -0.2) is 31.6 Å². The van der Waals surface area contributed by atoms with Gasteiger partial charge in [-0.05, 0) is 38.8 Å². The summed E-state index contributed by atoms with van der Waals surface area (Å²) >= 11 is 0. The largest absolute Gasteiger partial charge is 0.507 e. The van der Waals surface area contributed by atoms with Gasteiger partial charge < -0.3 is 15.2 Å². The van der Waals surface area contributed by atoms with Crippen molar-refractivity contribution < 1.29 is 14.6 Å². The molecule has 2 N–H and O–H groups in total. The highest BCUT2D eigenvalue weighted by Crippen LogP contribution is 2.38. The molecule has 1 aliphatic rings. The molecule has 0 amide bonds. The van der Waals surface area contributed by atoms with Crippen LogP contribution in [-0.2, 0) is 12.8 Å². The molecule has 0 atom stereocenters. The van der Waals surface area contributed by atoms with Gasteiger partial charge in [0, 0.05) is 11.1 Å². The maximum atomic E-state index is 11.9. The number of phenolic OH excluding ortho intramolecular Hbond substituents is 1. The van der Waals surface area contributed by atoms with Crippen LogP contribution in [0.2, 0.25) is 0 Å². The van der Waals surface area contributed by atoms with Gasteiger partial charge in [-0.15, -0.1) is 0 Å². The van der Waals surface area contributed by atoms with Crippen molar-refractivity contribution in [1.82, 2.24) is 5.32 Å². The lowest BCUT2D eigenvalue weighted by atomic mass is 9.87. The Bertz CT molecular complexity index is 469. The first-order valence-electron chi connectivity index (χ1n) is 6.28. The van der Waals surface area contributed by atoms with Crippen molar-refractivity contribution in [3.05, 3.63) is 22.8 Å². The maximum absolute atomic E-state index is 11.9. The summed E-state index contributed by atoms with van der Waals surface area (Å²) in [5.41, 5.74) is 2.31. The molecule has 1 aliphatic carbocycles. The van der Waals surface area contributed by atoms with E-state index in [9.17, 15) is 9.90 Å². The second-order valence-electron chi connectivity index (χ2n) is 4.59. The summed E-state index contributed by atoms with van der Waals surface area (Å²) < 4.78 is 5.35. The van der Waals surface area contributed by atoms with Gasteiger partial charge >= 0.3 is 0 Å². The Morgan fingerprint density at radius 3 is 2.67 bits per heavy atom. The van der Waals surface area contributed by atoms with E-state index >= 15 is 0 Å². The number of nitrogens with one attached hydrogen (secondary N) is 1. The number of likely N-dealkylation sites (N-methyl/N-ethyl adjacent to an activating group) is 1. The Kier molecular flexibility index (Phi) is 3.87. The molecule has 2 rings (SSSR count).